The van der Waals surface area contributed by atoms with Gasteiger partial charge in [0, 0.05) is 22.3 Å². The van der Waals surface area contributed by atoms with Crippen molar-refractivity contribution < 1.29 is 4.79 Å². The second-order valence-corrected chi connectivity index (χ2v) is 6.43. The average molecular weight is 329 g/mol. The number of halogens is 1. The number of aryl methyl sites for hydroxylation is 1. The Kier molecular flexibility index (Phi) is 5.31. The van der Waals surface area contributed by atoms with Crippen LogP contribution in [-0.4, -0.2) is 18.5 Å². The monoisotopic (exact) mass is 328 g/mol. The third-order valence-corrected chi connectivity index (χ3v) is 4.51. The molecule has 0 saturated carbocycles. The molecule has 1 amide bonds. The molecule has 1 fully saturated rings. The third-order valence-electron chi connectivity index (χ3n) is 4.26. The quantitative estimate of drug-likeness (QED) is 0.860. The zero-order valence-corrected chi connectivity index (χ0v) is 13.8. The number of rotatable bonds is 5. The van der Waals surface area contributed by atoms with E-state index in [0.717, 1.165) is 18.7 Å². The van der Waals surface area contributed by atoms with Crippen molar-refractivity contribution in [2.45, 2.75) is 31.7 Å². The van der Waals surface area contributed by atoms with Crippen LogP contribution in [0.25, 0.3) is 0 Å². The molecule has 2 aromatic rings. The number of nitrogens with one attached hydrogen (secondary N) is 2. The van der Waals surface area contributed by atoms with Gasteiger partial charge in [0.2, 0.25) is 0 Å². The lowest BCUT2D eigenvalue weighted by molar-refractivity contribution is 0.102. The van der Waals surface area contributed by atoms with Crippen molar-refractivity contribution in [1.82, 2.24) is 5.32 Å². The Bertz CT molecular complexity index is 646. The molecule has 1 aliphatic heterocycles. The van der Waals surface area contributed by atoms with Gasteiger partial charge in [0.15, 0.2) is 0 Å². The molecule has 2 aromatic carbocycles. The minimum atomic E-state index is -0.121. The van der Waals surface area contributed by atoms with Crippen LogP contribution in [0.1, 0.15) is 35.2 Å². The summed E-state index contributed by atoms with van der Waals surface area (Å²) in [4.78, 5) is 12.1. The number of amides is 1. The van der Waals surface area contributed by atoms with Gasteiger partial charge < -0.3 is 10.6 Å². The smallest absolute Gasteiger partial charge is 0.255 e. The standard InChI is InChI=1S/C19H21ClN2O/c20-16-8-6-15(7-9-16)19(23)22-18-11-4-14(5-12-18)3-10-17-2-1-13-21-17/h4-9,11-12,17,21H,1-3,10,13H2,(H,22,23)/t17-/m1/s1. The normalized spacial score (nSPS) is 17.2. The zero-order chi connectivity index (χ0) is 16.1. The van der Waals surface area contributed by atoms with Crippen LogP contribution < -0.4 is 10.6 Å². The van der Waals surface area contributed by atoms with Crippen molar-refractivity contribution in [3.63, 3.8) is 0 Å². The minimum absolute atomic E-state index is 0.121. The predicted molar refractivity (Wildman–Crippen MR) is 95.2 cm³/mol. The summed E-state index contributed by atoms with van der Waals surface area (Å²) >= 11 is 5.83. The van der Waals surface area contributed by atoms with E-state index < -0.39 is 0 Å². The molecule has 1 aliphatic rings. The molecule has 120 valence electrons. The van der Waals surface area contributed by atoms with Gasteiger partial charge in [-0.3, -0.25) is 4.79 Å². The van der Waals surface area contributed by atoms with Crippen LogP contribution in [-0.2, 0) is 6.42 Å². The fraction of sp³-hybridized carbons (Fsp3) is 0.316. The fourth-order valence-electron chi connectivity index (χ4n) is 2.90. The van der Waals surface area contributed by atoms with Gasteiger partial charge in [0.25, 0.3) is 5.91 Å². The lowest BCUT2D eigenvalue weighted by Crippen LogP contribution is -2.21. The second kappa shape index (κ2) is 7.62. The van der Waals surface area contributed by atoms with E-state index in [4.69, 9.17) is 11.6 Å². The predicted octanol–water partition coefficient (Wildman–Crippen LogP) is 4.28. The molecule has 0 aromatic heterocycles. The van der Waals surface area contributed by atoms with Crippen LogP contribution in [0, 0.1) is 0 Å². The highest BCUT2D eigenvalue weighted by atomic mass is 35.5. The van der Waals surface area contributed by atoms with E-state index in [9.17, 15) is 4.79 Å². The van der Waals surface area contributed by atoms with Crippen LogP contribution in [0.2, 0.25) is 5.02 Å². The van der Waals surface area contributed by atoms with E-state index in [1.165, 1.54) is 24.8 Å². The number of hydrogen-bond donors (Lipinski definition) is 2. The summed E-state index contributed by atoms with van der Waals surface area (Å²) in [6.45, 7) is 1.15. The van der Waals surface area contributed by atoms with Gasteiger partial charge in [-0.2, -0.15) is 0 Å². The van der Waals surface area contributed by atoms with Crippen molar-refractivity contribution in [2.24, 2.45) is 0 Å². The maximum atomic E-state index is 12.1. The van der Waals surface area contributed by atoms with Gasteiger partial charge in [-0.15, -0.1) is 0 Å². The Balaban J connectivity index is 1.54. The highest BCUT2D eigenvalue weighted by molar-refractivity contribution is 6.30. The largest absolute Gasteiger partial charge is 0.322 e. The Labute approximate surface area is 142 Å². The SMILES string of the molecule is O=C(Nc1ccc(CC[C@H]2CCCN2)cc1)c1ccc(Cl)cc1. The molecule has 0 bridgehead atoms. The first-order valence-corrected chi connectivity index (χ1v) is 8.48. The van der Waals surface area contributed by atoms with E-state index in [0.29, 0.717) is 16.6 Å². The fourth-order valence-corrected chi connectivity index (χ4v) is 3.03. The molecule has 0 radical (unpaired) electrons. The topological polar surface area (TPSA) is 41.1 Å². The first-order chi connectivity index (χ1) is 11.2. The maximum Gasteiger partial charge on any atom is 0.255 e. The van der Waals surface area contributed by atoms with Crippen LogP contribution in [0.3, 0.4) is 0 Å². The van der Waals surface area contributed by atoms with Gasteiger partial charge >= 0.3 is 0 Å². The van der Waals surface area contributed by atoms with Crippen LogP contribution in [0.5, 0.6) is 0 Å². The number of carbonyl (C=O) groups excluding carboxylic acids is 1. The Morgan fingerprint density at radius 1 is 1.13 bits per heavy atom. The molecule has 0 unspecified atom stereocenters. The summed E-state index contributed by atoms with van der Waals surface area (Å²) in [6.07, 6.45) is 4.83. The molecule has 4 heteroatoms. The van der Waals surface area contributed by atoms with E-state index in [-0.39, 0.29) is 5.91 Å². The molecular formula is C19H21ClN2O. The summed E-state index contributed by atoms with van der Waals surface area (Å²) in [7, 11) is 0. The van der Waals surface area contributed by atoms with Crippen molar-refractivity contribution in [1.29, 1.82) is 0 Å². The van der Waals surface area contributed by atoms with E-state index in [2.05, 4.69) is 22.8 Å². The lowest BCUT2D eigenvalue weighted by atomic mass is 10.0. The molecule has 3 rings (SSSR count). The number of benzene rings is 2. The zero-order valence-electron chi connectivity index (χ0n) is 13.0. The van der Waals surface area contributed by atoms with Gasteiger partial charge in [-0.05, 0) is 74.2 Å². The molecule has 1 atom stereocenters. The van der Waals surface area contributed by atoms with Crippen molar-refractivity contribution in [3.8, 4) is 0 Å². The van der Waals surface area contributed by atoms with Crippen molar-refractivity contribution >= 4 is 23.2 Å². The van der Waals surface area contributed by atoms with Gasteiger partial charge in [0.1, 0.15) is 0 Å². The van der Waals surface area contributed by atoms with Gasteiger partial charge in [-0.1, -0.05) is 23.7 Å². The number of anilines is 1. The van der Waals surface area contributed by atoms with Crippen molar-refractivity contribution in [3.05, 3.63) is 64.7 Å². The van der Waals surface area contributed by atoms with E-state index in [1.807, 2.05) is 12.1 Å². The highest BCUT2D eigenvalue weighted by Gasteiger charge is 2.13. The summed E-state index contributed by atoms with van der Waals surface area (Å²) in [5, 5.41) is 7.06. The molecule has 23 heavy (non-hydrogen) atoms. The molecular weight excluding hydrogens is 308 g/mol. The molecule has 1 heterocycles. The maximum absolute atomic E-state index is 12.1. The van der Waals surface area contributed by atoms with E-state index >= 15 is 0 Å². The Hall–Kier alpha value is -1.84. The summed E-state index contributed by atoms with van der Waals surface area (Å²) < 4.78 is 0. The minimum Gasteiger partial charge on any atom is -0.322 e. The lowest BCUT2D eigenvalue weighted by Gasteiger charge is -2.10. The van der Waals surface area contributed by atoms with Crippen LogP contribution >= 0.6 is 11.6 Å². The molecule has 3 nitrogen and oxygen atoms in total. The average Bonchev–Trinajstić information content (AvgIpc) is 3.08. The van der Waals surface area contributed by atoms with E-state index in [1.54, 1.807) is 24.3 Å². The molecule has 1 saturated heterocycles. The first kappa shape index (κ1) is 16.0. The van der Waals surface area contributed by atoms with Gasteiger partial charge in [-0.25, -0.2) is 0 Å². The van der Waals surface area contributed by atoms with Crippen LogP contribution in [0.15, 0.2) is 48.5 Å². The molecule has 0 spiro atoms. The summed E-state index contributed by atoms with van der Waals surface area (Å²) in [5.41, 5.74) is 2.72. The van der Waals surface area contributed by atoms with Gasteiger partial charge in [0.05, 0.1) is 0 Å². The van der Waals surface area contributed by atoms with Crippen molar-refractivity contribution in [2.75, 3.05) is 11.9 Å². The molecule has 0 aliphatic carbocycles. The highest BCUT2D eigenvalue weighted by Crippen LogP contribution is 2.16. The Morgan fingerprint density at radius 3 is 2.52 bits per heavy atom. The summed E-state index contributed by atoms with van der Waals surface area (Å²) in [6, 6.07) is 15.7. The number of carbonyl (C=O) groups is 1. The third kappa shape index (κ3) is 4.57. The first-order valence-electron chi connectivity index (χ1n) is 8.10. The number of hydrogen-bond acceptors (Lipinski definition) is 2. The second-order valence-electron chi connectivity index (χ2n) is 5.99. The Morgan fingerprint density at radius 2 is 1.87 bits per heavy atom. The summed E-state index contributed by atoms with van der Waals surface area (Å²) in [5.74, 6) is -0.121. The molecule has 2 N–H and O–H groups in total. The van der Waals surface area contributed by atoms with Crippen LogP contribution in [0.4, 0.5) is 5.69 Å².